The molecule has 0 fully saturated rings. The molecule has 1 heterocycles. The second kappa shape index (κ2) is 5.80. The molecule has 0 aliphatic carbocycles. The van der Waals surface area contributed by atoms with Gasteiger partial charge in [0, 0.05) is 29.5 Å². The van der Waals surface area contributed by atoms with Crippen LogP contribution in [-0.2, 0) is 6.54 Å². The molecule has 0 aliphatic heterocycles. The number of rotatable bonds is 3. The topological polar surface area (TPSA) is 38.0 Å². The highest BCUT2D eigenvalue weighted by Gasteiger charge is 2.10. The first-order chi connectivity index (χ1) is 10.1. The molecule has 5 heteroatoms. The number of aromatic nitrogens is 2. The predicted octanol–water partition coefficient (Wildman–Crippen LogP) is 4.61. The van der Waals surface area contributed by atoms with Gasteiger partial charge in [-0.15, -0.1) is 0 Å². The summed E-state index contributed by atoms with van der Waals surface area (Å²) in [5.74, 6) is 1.04. The maximum Gasteiger partial charge on any atom is 0.141 e. The zero-order chi connectivity index (χ0) is 14.8. The lowest BCUT2D eigenvalue weighted by Crippen LogP contribution is -2.01. The lowest BCUT2D eigenvalue weighted by Gasteiger charge is -2.10. The van der Waals surface area contributed by atoms with Crippen LogP contribution in [0.25, 0.3) is 11.4 Å². The molecule has 0 spiro atoms. The molecule has 0 unspecified atom stereocenters. The molecule has 0 atom stereocenters. The van der Waals surface area contributed by atoms with E-state index >= 15 is 0 Å². The Hall–Kier alpha value is -1.97. The van der Waals surface area contributed by atoms with Crippen LogP contribution in [-0.4, -0.2) is 14.7 Å². The Balaban J connectivity index is 1.95. The lowest BCUT2D eigenvalue weighted by atomic mass is 10.2. The summed E-state index contributed by atoms with van der Waals surface area (Å²) in [6, 6.07) is 12.5. The van der Waals surface area contributed by atoms with E-state index in [0.717, 1.165) is 17.0 Å². The average Bonchev–Trinajstić information content (AvgIpc) is 2.89. The molecule has 1 N–H and O–H groups in total. The molecule has 3 rings (SSSR count). The van der Waals surface area contributed by atoms with E-state index in [1.54, 1.807) is 30.5 Å². The summed E-state index contributed by atoms with van der Waals surface area (Å²) in [4.78, 5) is 4.38. The highest BCUT2D eigenvalue weighted by atomic mass is 35.5. The summed E-state index contributed by atoms with van der Waals surface area (Å²) in [6.45, 7) is 0.647. The first-order valence-corrected chi connectivity index (χ1v) is 7.13. The highest BCUT2D eigenvalue weighted by molar-refractivity contribution is 6.36. The van der Waals surface area contributed by atoms with Crippen LogP contribution in [0.2, 0.25) is 10.0 Å². The van der Waals surface area contributed by atoms with Crippen LogP contribution in [0.5, 0.6) is 5.75 Å². The number of aromatic hydroxyl groups is 1. The van der Waals surface area contributed by atoms with Gasteiger partial charge in [0.1, 0.15) is 11.6 Å². The normalized spacial score (nSPS) is 10.8. The Bertz CT molecular complexity index is 766. The van der Waals surface area contributed by atoms with Crippen LogP contribution in [0.3, 0.4) is 0 Å². The van der Waals surface area contributed by atoms with Crippen molar-refractivity contribution in [3.05, 3.63) is 70.5 Å². The van der Waals surface area contributed by atoms with Crippen LogP contribution in [0.4, 0.5) is 0 Å². The zero-order valence-corrected chi connectivity index (χ0v) is 12.5. The summed E-state index contributed by atoms with van der Waals surface area (Å²) in [6.07, 6.45) is 3.63. The van der Waals surface area contributed by atoms with Gasteiger partial charge in [-0.1, -0.05) is 35.3 Å². The van der Waals surface area contributed by atoms with Crippen molar-refractivity contribution in [2.24, 2.45) is 0 Å². The smallest absolute Gasteiger partial charge is 0.141 e. The number of phenolic OH excluding ortho intramolecular Hbond substituents is 1. The lowest BCUT2D eigenvalue weighted by molar-refractivity contribution is 0.475. The van der Waals surface area contributed by atoms with E-state index in [1.807, 2.05) is 29.0 Å². The quantitative estimate of drug-likeness (QED) is 0.765. The number of phenols is 1. The number of imidazole rings is 1. The van der Waals surface area contributed by atoms with Gasteiger partial charge >= 0.3 is 0 Å². The number of hydrogen-bond acceptors (Lipinski definition) is 2. The van der Waals surface area contributed by atoms with Gasteiger partial charge in [0.05, 0.1) is 5.02 Å². The SMILES string of the molecule is Oc1ccc(Cn2ccnc2-c2ccc(Cl)cc2Cl)cc1. The van der Waals surface area contributed by atoms with Gasteiger partial charge in [-0.3, -0.25) is 0 Å². The first-order valence-electron chi connectivity index (χ1n) is 6.38. The van der Waals surface area contributed by atoms with Gasteiger partial charge in [0.15, 0.2) is 0 Å². The second-order valence-electron chi connectivity index (χ2n) is 4.67. The third-order valence-electron chi connectivity index (χ3n) is 3.18. The molecular formula is C16H12Cl2N2O. The van der Waals surface area contributed by atoms with Crippen LogP contribution in [0, 0.1) is 0 Å². The fourth-order valence-corrected chi connectivity index (χ4v) is 2.64. The molecule has 0 saturated heterocycles. The van der Waals surface area contributed by atoms with Crippen molar-refractivity contribution in [3.8, 4) is 17.1 Å². The van der Waals surface area contributed by atoms with Crippen LogP contribution in [0.15, 0.2) is 54.9 Å². The zero-order valence-electron chi connectivity index (χ0n) is 11.0. The van der Waals surface area contributed by atoms with Crippen molar-refractivity contribution in [3.63, 3.8) is 0 Å². The first kappa shape index (κ1) is 14.0. The minimum atomic E-state index is 0.255. The Morgan fingerprint density at radius 2 is 1.81 bits per heavy atom. The molecule has 3 nitrogen and oxygen atoms in total. The molecule has 3 aromatic rings. The van der Waals surface area contributed by atoms with Crippen molar-refractivity contribution < 1.29 is 5.11 Å². The summed E-state index contributed by atoms with van der Waals surface area (Å²) < 4.78 is 2.00. The fraction of sp³-hybridized carbons (Fsp3) is 0.0625. The van der Waals surface area contributed by atoms with E-state index < -0.39 is 0 Å². The van der Waals surface area contributed by atoms with Gasteiger partial charge in [0.2, 0.25) is 0 Å². The Morgan fingerprint density at radius 1 is 1.05 bits per heavy atom. The van der Waals surface area contributed by atoms with Crippen molar-refractivity contribution in [2.45, 2.75) is 6.54 Å². The summed E-state index contributed by atoms with van der Waals surface area (Å²) in [5.41, 5.74) is 1.90. The molecule has 0 aliphatic rings. The number of hydrogen-bond donors (Lipinski definition) is 1. The largest absolute Gasteiger partial charge is 0.508 e. The monoisotopic (exact) mass is 318 g/mol. The van der Waals surface area contributed by atoms with Crippen molar-refractivity contribution >= 4 is 23.2 Å². The fourth-order valence-electron chi connectivity index (χ4n) is 2.15. The number of benzene rings is 2. The third kappa shape index (κ3) is 3.04. The average molecular weight is 319 g/mol. The van der Waals surface area contributed by atoms with E-state index in [1.165, 1.54) is 0 Å². The molecular weight excluding hydrogens is 307 g/mol. The molecule has 0 bridgehead atoms. The van der Waals surface area contributed by atoms with Gasteiger partial charge in [0.25, 0.3) is 0 Å². The predicted molar refractivity (Wildman–Crippen MR) is 84.9 cm³/mol. The number of halogens is 2. The van der Waals surface area contributed by atoms with E-state index in [0.29, 0.717) is 16.6 Å². The molecule has 21 heavy (non-hydrogen) atoms. The summed E-state index contributed by atoms with van der Waals surface area (Å²) in [7, 11) is 0. The molecule has 106 valence electrons. The van der Waals surface area contributed by atoms with Gasteiger partial charge in [-0.05, 0) is 35.9 Å². The van der Waals surface area contributed by atoms with E-state index in [-0.39, 0.29) is 5.75 Å². The molecule has 2 aromatic carbocycles. The maximum atomic E-state index is 9.33. The molecule has 1 aromatic heterocycles. The minimum Gasteiger partial charge on any atom is -0.508 e. The second-order valence-corrected chi connectivity index (χ2v) is 5.51. The van der Waals surface area contributed by atoms with Crippen molar-refractivity contribution in [2.75, 3.05) is 0 Å². The van der Waals surface area contributed by atoms with E-state index in [9.17, 15) is 5.11 Å². The molecule has 0 saturated carbocycles. The summed E-state index contributed by atoms with van der Waals surface area (Å²) >= 11 is 12.2. The Kier molecular flexibility index (Phi) is 3.86. The Morgan fingerprint density at radius 3 is 2.52 bits per heavy atom. The van der Waals surface area contributed by atoms with Gasteiger partial charge < -0.3 is 9.67 Å². The van der Waals surface area contributed by atoms with Gasteiger partial charge in [-0.2, -0.15) is 0 Å². The van der Waals surface area contributed by atoms with Crippen molar-refractivity contribution in [1.29, 1.82) is 0 Å². The minimum absolute atomic E-state index is 0.255. The van der Waals surface area contributed by atoms with Crippen LogP contribution >= 0.6 is 23.2 Å². The van der Waals surface area contributed by atoms with Gasteiger partial charge in [-0.25, -0.2) is 4.98 Å². The summed E-state index contributed by atoms with van der Waals surface area (Å²) in [5, 5.41) is 10.5. The molecule has 0 amide bonds. The standard InChI is InChI=1S/C16H12Cl2N2O/c17-12-3-6-14(15(18)9-12)16-19-7-8-20(16)10-11-1-4-13(21)5-2-11/h1-9,21H,10H2. The van der Waals surface area contributed by atoms with E-state index in [4.69, 9.17) is 23.2 Å². The maximum absolute atomic E-state index is 9.33. The van der Waals surface area contributed by atoms with E-state index in [2.05, 4.69) is 4.98 Å². The van der Waals surface area contributed by atoms with Crippen LogP contribution < -0.4 is 0 Å². The third-order valence-corrected chi connectivity index (χ3v) is 3.72. The number of nitrogens with zero attached hydrogens (tertiary/aromatic N) is 2. The Labute approximate surface area is 132 Å². The van der Waals surface area contributed by atoms with Crippen molar-refractivity contribution in [1.82, 2.24) is 9.55 Å². The molecule has 0 radical (unpaired) electrons. The van der Waals surface area contributed by atoms with Crippen LogP contribution in [0.1, 0.15) is 5.56 Å². The highest BCUT2D eigenvalue weighted by Crippen LogP contribution is 2.29.